The summed E-state index contributed by atoms with van der Waals surface area (Å²) in [6.07, 6.45) is 1.61. The van der Waals surface area contributed by atoms with Crippen LogP contribution in [-0.4, -0.2) is 17.2 Å². The van der Waals surface area contributed by atoms with E-state index in [1.165, 1.54) is 12.1 Å². The summed E-state index contributed by atoms with van der Waals surface area (Å²) in [5.41, 5.74) is 3.50. The predicted molar refractivity (Wildman–Crippen MR) is 110 cm³/mol. The monoisotopic (exact) mass is 374 g/mol. The lowest BCUT2D eigenvalue weighted by Gasteiger charge is -2.10. The summed E-state index contributed by atoms with van der Waals surface area (Å²) < 4.78 is 0. The second-order valence-corrected chi connectivity index (χ2v) is 6.41. The zero-order chi connectivity index (χ0) is 18.8. The highest BCUT2D eigenvalue weighted by Gasteiger charge is 2.12. The Morgan fingerprint density at radius 2 is 1.37 bits per heavy atom. The number of nitrogens with one attached hydrogen (secondary N) is 1. The van der Waals surface area contributed by atoms with Gasteiger partial charge in [-0.1, -0.05) is 72.3 Å². The maximum absolute atomic E-state index is 12.2. The number of hydrogen-bond acceptors (Lipinski definition) is 3. The Kier molecular flexibility index (Phi) is 4.48. The fourth-order valence-electron chi connectivity index (χ4n) is 3.13. The molecule has 5 heteroatoms. The molecule has 0 atom stereocenters. The molecule has 0 unspecified atom stereocenters. The third-order valence-electron chi connectivity index (χ3n) is 4.42. The highest BCUT2D eigenvalue weighted by atomic mass is 35.5. The van der Waals surface area contributed by atoms with E-state index in [1.54, 1.807) is 18.3 Å². The van der Waals surface area contributed by atoms with Crippen LogP contribution in [0.4, 0.5) is 0 Å². The van der Waals surface area contributed by atoms with E-state index in [0.29, 0.717) is 5.02 Å². The van der Waals surface area contributed by atoms with E-state index < -0.39 is 5.91 Å². The van der Waals surface area contributed by atoms with E-state index >= 15 is 0 Å². The van der Waals surface area contributed by atoms with E-state index in [4.69, 9.17) is 11.6 Å². The predicted octanol–water partition coefficient (Wildman–Crippen LogP) is 5.12. The minimum absolute atomic E-state index is 0.0902. The number of hydrogen-bond donors (Lipinski definition) is 2. The molecule has 4 rings (SSSR count). The Bertz CT molecular complexity index is 1140. The van der Waals surface area contributed by atoms with Crippen LogP contribution in [0.5, 0.6) is 5.75 Å². The quantitative estimate of drug-likeness (QED) is 0.297. The first-order chi connectivity index (χ1) is 13.2. The number of benzene rings is 4. The van der Waals surface area contributed by atoms with Gasteiger partial charge >= 0.3 is 0 Å². The topological polar surface area (TPSA) is 61.7 Å². The van der Waals surface area contributed by atoms with Gasteiger partial charge in [-0.25, -0.2) is 5.43 Å². The molecule has 2 N–H and O–H groups in total. The number of amides is 1. The van der Waals surface area contributed by atoms with E-state index in [-0.39, 0.29) is 11.3 Å². The number of hydrazone groups is 1. The third kappa shape index (κ3) is 3.11. The molecular formula is C22H15ClN2O2. The number of fused-ring (bicyclic) bond motifs is 2. The summed E-state index contributed by atoms with van der Waals surface area (Å²) in [6, 6.07) is 21.9. The van der Waals surface area contributed by atoms with Crippen LogP contribution in [0.15, 0.2) is 77.9 Å². The summed E-state index contributed by atoms with van der Waals surface area (Å²) in [5, 5.41) is 18.3. The lowest BCUT2D eigenvalue weighted by molar-refractivity contribution is 0.0952. The maximum Gasteiger partial charge on any atom is 0.275 e. The molecular weight excluding hydrogens is 360 g/mol. The molecule has 1 amide bonds. The van der Waals surface area contributed by atoms with Gasteiger partial charge in [-0.05, 0) is 22.9 Å². The van der Waals surface area contributed by atoms with Crippen LogP contribution < -0.4 is 5.43 Å². The molecule has 0 bridgehead atoms. The molecule has 0 aliphatic heterocycles. The first-order valence-electron chi connectivity index (χ1n) is 8.37. The summed E-state index contributed by atoms with van der Waals surface area (Å²) in [4.78, 5) is 12.2. The maximum atomic E-state index is 12.2. The first kappa shape index (κ1) is 17.1. The van der Waals surface area contributed by atoms with Crippen LogP contribution in [0, 0.1) is 0 Å². The van der Waals surface area contributed by atoms with E-state index in [1.807, 2.05) is 48.5 Å². The van der Waals surface area contributed by atoms with Crippen LogP contribution in [0.1, 0.15) is 15.9 Å². The number of rotatable bonds is 3. The number of para-hydroxylation sites is 1. The van der Waals surface area contributed by atoms with Crippen LogP contribution in [0.2, 0.25) is 5.02 Å². The van der Waals surface area contributed by atoms with Crippen molar-refractivity contribution in [3.8, 4) is 5.75 Å². The average Bonchev–Trinajstić information content (AvgIpc) is 2.71. The van der Waals surface area contributed by atoms with E-state index in [0.717, 1.165) is 27.1 Å². The van der Waals surface area contributed by atoms with Crippen molar-refractivity contribution in [1.29, 1.82) is 0 Å². The van der Waals surface area contributed by atoms with Gasteiger partial charge in [0.25, 0.3) is 5.91 Å². The molecule has 0 saturated heterocycles. The Labute approximate surface area is 160 Å². The number of carbonyl (C=O) groups excluding carboxylic acids is 1. The summed E-state index contributed by atoms with van der Waals surface area (Å²) in [7, 11) is 0. The van der Waals surface area contributed by atoms with Crippen molar-refractivity contribution in [3.05, 3.63) is 88.9 Å². The van der Waals surface area contributed by atoms with Crippen molar-refractivity contribution < 1.29 is 9.90 Å². The van der Waals surface area contributed by atoms with Gasteiger partial charge in [0.1, 0.15) is 5.75 Å². The molecule has 27 heavy (non-hydrogen) atoms. The molecule has 4 nitrogen and oxygen atoms in total. The zero-order valence-electron chi connectivity index (χ0n) is 14.2. The molecule has 0 aliphatic rings. The molecule has 0 fully saturated rings. The SMILES string of the molecule is O=C(NN=Cc1c2ccccc2c(Cl)c2ccccc12)c1ccccc1O. The van der Waals surface area contributed by atoms with Gasteiger partial charge in [0, 0.05) is 16.3 Å². The highest BCUT2D eigenvalue weighted by Crippen LogP contribution is 2.35. The van der Waals surface area contributed by atoms with Crippen molar-refractivity contribution in [2.45, 2.75) is 0 Å². The van der Waals surface area contributed by atoms with E-state index in [9.17, 15) is 9.90 Å². The molecule has 0 heterocycles. The summed E-state index contributed by atoms with van der Waals surface area (Å²) in [6.45, 7) is 0. The number of aromatic hydroxyl groups is 1. The molecule has 0 aliphatic carbocycles. The largest absolute Gasteiger partial charge is 0.507 e. The van der Waals surface area contributed by atoms with Gasteiger partial charge in [-0.2, -0.15) is 5.10 Å². The number of halogens is 1. The molecule has 0 spiro atoms. The Morgan fingerprint density at radius 3 is 1.96 bits per heavy atom. The zero-order valence-corrected chi connectivity index (χ0v) is 14.9. The molecule has 0 aromatic heterocycles. The average molecular weight is 375 g/mol. The van der Waals surface area contributed by atoms with Crippen LogP contribution in [-0.2, 0) is 0 Å². The van der Waals surface area contributed by atoms with Crippen molar-refractivity contribution in [2.24, 2.45) is 5.10 Å². The molecule has 0 saturated carbocycles. The second-order valence-electron chi connectivity index (χ2n) is 6.04. The Hall–Kier alpha value is -3.37. The smallest absolute Gasteiger partial charge is 0.275 e. The van der Waals surface area contributed by atoms with Gasteiger partial charge < -0.3 is 5.11 Å². The summed E-state index contributed by atoms with van der Waals surface area (Å²) in [5.74, 6) is -0.570. The van der Waals surface area contributed by atoms with Gasteiger partial charge in [0.15, 0.2) is 0 Å². The van der Waals surface area contributed by atoms with Crippen LogP contribution in [0.25, 0.3) is 21.5 Å². The standard InChI is InChI=1S/C22H15ClN2O2/c23-21-16-9-3-1-7-14(16)19(15-8-2-4-10-17(15)21)13-24-25-22(27)18-11-5-6-12-20(18)26/h1-13,26H,(H,25,27). The lowest BCUT2D eigenvalue weighted by atomic mass is 9.97. The van der Waals surface area contributed by atoms with Crippen molar-refractivity contribution >= 4 is 45.3 Å². The normalized spacial score (nSPS) is 11.3. The number of phenols is 1. The number of nitrogens with zero attached hydrogens (tertiary/aromatic N) is 1. The van der Waals surface area contributed by atoms with Gasteiger partial charge in [0.2, 0.25) is 0 Å². The fourth-order valence-corrected chi connectivity index (χ4v) is 3.46. The number of carbonyl (C=O) groups is 1. The lowest BCUT2D eigenvalue weighted by Crippen LogP contribution is -2.17. The van der Waals surface area contributed by atoms with Crippen LogP contribution >= 0.6 is 11.6 Å². The van der Waals surface area contributed by atoms with Gasteiger partial charge in [-0.3, -0.25) is 4.79 Å². The molecule has 4 aromatic carbocycles. The Balaban J connectivity index is 1.77. The first-order valence-corrected chi connectivity index (χ1v) is 8.75. The minimum Gasteiger partial charge on any atom is -0.507 e. The molecule has 0 radical (unpaired) electrons. The second kappa shape index (κ2) is 7.09. The van der Waals surface area contributed by atoms with Crippen LogP contribution in [0.3, 0.4) is 0 Å². The molecule has 4 aromatic rings. The van der Waals surface area contributed by atoms with Crippen molar-refractivity contribution in [3.63, 3.8) is 0 Å². The fraction of sp³-hybridized carbons (Fsp3) is 0. The number of phenolic OH excluding ortho intramolecular Hbond substituents is 1. The van der Waals surface area contributed by atoms with Gasteiger partial charge in [0.05, 0.1) is 16.8 Å². The van der Waals surface area contributed by atoms with E-state index in [2.05, 4.69) is 10.5 Å². The third-order valence-corrected chi connectivity index (χ3v) is 4.82. The highest BCUT2D eigenvalue weighted by molar-refractivity contribution is 6.42. The molecule has 132 valence electrons. The van der Waals surface area contributed by atoms with Crippen molar-refractivity contribution in [2.75, 3.05) is 0 Å². The van der Waals surface area contributed by atoms with Gasteiger partial charge in [-0.15, -0.1) is 0 Å². The Morgan fingerprint density at radius 1 is 0.852 bits per heavy atom. The minimum atomic E-state index is -0.480. The van der Waals surface area contributed by atoms with Crippen molar-refractivity contribution in [1.82, 2.24) is 5.43 Å². The summed E-state index contributed by atoms with van der Waals surface area (Å²) >= 11 is 6.59.